The minimum atomic E-state index is 0.459. The molecule has 1 saturated heterocycles. The minimum absolute atomic E-state index is 0.459. The second-order valence-electron chi connectivity index (χ2n) is 8.36. The Kier molecular flexibility index (Phi) is 5.77. The van der Waals surface area contributed by atoms with Crippen LogP contribution in [0.5, 0.6) is 5.75 Å². The molecule has 1 aliphatic heterocycles. The molecule has 0 spiro atoms. The molecule has 164 valence electrons. The number of aromatic nitrogens is 3. The van der Waals surface area contributed by atoms with Crippen molar-refractivity contribution in [1.29, 1.82) is 0 Å². The van der Waals surface area contributed by atoms with Gasteiger partial charge in [0.2, 0.25) is 0 Å². The number of fused-ring (bicyclic) bond motifs is 1. The molecule has 1 fully saturated rings. The van der Waals surface area contributed by atoms with Gasteiger partial charge in [-0.3, -0.25) is 9.30 Å². The molecule has 32 heavy (non-hydrogen) atoms. The van der Waals surface area contributed by atoms with E-state index in [1.54, 1.807) is 13.4 Å². The highest BCUT2D eigenvalue weighted by Crippen LogP contribution is 2.30. The molecule has 3 heterocycles. The molecule has 2 aromatic heterocycles. The molecule has 0 radical (unpaired) electrons. The van der Waals surface area contributed by atoms with Gasteiger partial charge in [0.1, 0.15) is 17.9 Å². The van der Waals surface area contributed by atoms with Gasteiger partial charge in [-0.15, -0.1) is 10.2 Å². The largest absolute Gasteiger partial charge is 0.496 e. The van der Waals surface area contributed by atoms with Crippen molar-refractivity contribution < 1.29 is 4.74 Å². The van der Waals surface area contributed by atoms with Crippen molar-refractivity contribution >= 4 is 11.5 Å². The van der Waals surface area contributed by atoms with E-state index in [-0.39, 0.29) is 0 Å². The zero-order chi connectivity index (χ0) is 21.9. The summed E-state index contributed by atoms with van der Waals surface area (Å²) < 4.78 is 7.47. The van der Waals surface area contributed by atoms with Crippen LogP contribution >= 0.6 is 0 Å². The molecule has 0 amide bonds. The molecule has 6 heteroatoms. The average Bonchev–Trinajstić information content (AvgIpc) is 3.55. The first-order valence-electron chi connectivity index (χ1n) is 11.3. The van der Waals surface area contributed by atoms with E-state index in [9.17, 15) is 0 Å². The van der Waals surface area contributed by atoms with E-state index < -0.39 is 0 Å². The molecule has 0 aliphatic carbocycles. The predicted molar refractivity (Wildman–Crippen MR) is 128 cm³/mol. The Balaban J connectivity index is 1.38. The van der Waals surface area contributed by atoms with E-state index >= 15 is 0 Å². The van der Waals surface area contributed by atoms with Gasteiger partial charge in [-0.05, 0) is 62.2 Å². The number of hydrogen-bond acceptors (Lipinski definition) is 5. The summed E-state index contributed by atoms with van der Waals surface area (Å²) >= 11 is 0. The maximum absolute atomic E-state index is 5.47. The molecule has 4 aromatic rings. The van der Waals surface area contributed by atoms with E-state index in [0.717, 1.165) is 33.9 Å². The summed E-state index contributed by atoms with van der Waals surface area (Å²) in [5.74, 6) is 1.82. The molecule has 5 rings (SSSR count). The number of hydrogen-bond donors (Lipinski definition) is 1. The fourth-order valence-electron chi connectivity index (χ4n) is 4.60. The van der Waals surface area contributed by atoms with Gasteiger partial charge in [-0.2, -0.15) is 0 Å². The van der Waals surface area contributed by atoms with Gasteiger partial charge in [-0.1, -0.05) is 42.5 Å². The Labute approximate surface area is 188 Å². The van der Waals surface area contributed by atoms with Gasteiger partial charge >= 0.3 is 0 Å². The van der Waals surface area contributed by atoms with Crippen LogP contribution in [0, 0.1) is 0 Å². The third-order valence-electron chi connectivity index (χ3n) is 6.50. The van der Waals surface area contributed by atoms with E-state index in [0.29, 0.717) is 12.6 Å². The Bertz CT molecular complexity index is 1190. The molecule has 1 aliphatic rings. The molecule has 2 aromatic carbocycles. The summed E-state index contributed by atoms with van der Waals surface area (Å²) in [7, 11) is 1.70. The summed E-state index contributed by atoms with van der Waals surface area (Å²) in [5.41, 5.74) is 5.53. The fourth-order valence-corrected chi connectivity index (χ4v) is 4.60. The number of methoxy groups -OCH3 is 1. The molecule has 0 saturated carbocycles. The molecule has 1 unspecified atom stereocenters. The van der Waals surface area contributed by atoms with Gasteiger partial charge in [0.25, 0.3) is 0 Å². The SMILES string of the molecule is COc1ccccc1CNc1ccc(-c2ccc(C(C)N3CCCC3)cc2)c2nncn12. The normalized spacial score (nSPS) is 15.2. The van der Waals surface area contributed by atoms with Gasteiger partial charge < -0.3 is 10.1 Å². The van der Waals surface area contributed by atoms with E-state index in [2.05, 4.69) is 69.8 Å². The number of nitrogens with zero attached hydrogens (tertiary/aromatic N) is 4. The number of pyridine rings is 1. The molecule has 0 bridgehead atoms. The number of rotatable bonds is 7. The fraction of sp³-hybridized carbons (Fsp3) is 0.308. The lowest BCUT2D eigenvalue weighted by atomic mass is 10.0. The molecular formula is C26H29N5O. The summed E-state index contributed by atoms with van der Waals surface area (Å²) in [6.45, 7) is 5.36. The van der Waals surface area contributed by atoms with Crippen molar-refractivity contribution in [2.24, 2.45) is 0 Å². The summed E-state index contributed by atoms with van der Waals surface area (Å²) in [5, 5.41) is 12.1. The summed E-state index contributed by atoms with van der Waals surface area (Å²) in [6, 6.07) is 21.6. The van der Waals surface area contributed by atoms with E-state index in [1.165, 1.54) is 31.5 Å². The quantitative estimate of drug-likeness (QED) is 0.441. The van der Waals surface area contributed by atoms with Crippen LogP contribution in [0.25, 0.3) is 16.8 Å². The zero-order valence-corrected chi connectivity index (χ0v) is 18.7. The van der Waals surface area contributed by atoms with Gasteiger partial charge in [0.15, 0.2) is 5.65 Å². The Hall–Kier alpha value is -3.38. The second kappa shape index (κ2) is 9.01. The lowest BCUT2D eigenvalue weighted by molar-refractivity contribution is 0.263. The molecule has 1 atom stereocenters. The topological polar surface area (TPSA) is 54.7 Å². The number of ether oxygens (including phenoxy) is 1. The van der Waals surface area contributed by atoms with Crippen molar-refractivity contribution in [2.75, 3.05) is 25.5 Å². The van der Waals surface area contributed by atoms with Crippen molar-refractivity contribution in [3.63, 3.8) is 0 Å². The monoisotopic (exact) mass is 427 g/mol. The van der Waals surface area contributed by atoms with Crippen LogP contribution in [0.3, 0.4) is 0 Å². The maximum Gasteiger partial charge on any atom is 0.170 e. The lowest BCUT2D eigenvalue weighted by Crippen LogP contribution is -2.23. The van der Waals surface area contributed by atoms with Crippen LogP contribution in [0.15, 0.2) is 67.0 Å². The highest BCUT2D eigenvalue weighted by atomic mass is 16.5. The first kappa shape index (κ1) is 20.5. The highest BCUT2D eigenvalue weighted by molar-refractivity contribution is 5.79. The van der Waals surface area contributed by atoms with Crippen molar-refractivity contribution in [2.45, 2.75) is 32.4 Å². The number of likely N-dealkylation sites (tertiary alicyclic amines) is 1. The third-order valence-corrected chi connectivity index (χ3v) is 6.50. The van der Waals surface area contributed by atoms with E-state index in [4.69, 9.17) is 4.74 Å². The predicted octanol–water partition coefficient (Wildman–Crippen LogP) is 5.17. The van der Waals surface area contributed by atoms with Crippen LogP contribution in [-0.4, -0.2) is 39.7 Å². The van der Waals surface area contributed by atoms with Crippen molar-refractivity contribution in [3.05, 3.63) is 78.1 Å². The Morgan fingerprint density at radius 1 is 1.00 bits per heavy atom. The van der Waals surface area contributed by atoms with Gasteiger partial charge in [0, 0.05) is 23.7 Å². The molecular weight excluding hydrogens is 398 g/mol. The smallest absolute Gasteiger partial charge is 0.170 e. The van der Waals surface area contributed by atoms with Crippen molar-refractivity contribution in [3.8, 4) is 16.9 Å². The lowest BCUT2D eigenvalue weighted by Gasteiger charge is -2.24. The highest BCUT2D eigenvalue weighted by Gasteiger charge is 2.19. The molecule has 1 N–H and O–H groups in total. The minimum Gasteiger partial charge on any atom is -0.496 e. The Morgan fingerprint density at radius 2 is 1.78 bits per heavy atom. The number of anilines is 1. The van der Waals surface area contributed by atoms with Crippen LogP contribution in [0.4, 0.5) is 5.82 Å². The van der Waals surface area contributed by atoms with Gasteiger partial charge in [0.05, 0.1) is 7.11 Å². The standard InChI is InChI=1S/C26H29N5O/c1-19(30-15-5-6-16-30)20-9-11-21(12-10-20)23-13-14-25(31-18-28-29-26(23)31)27-17-22-7-3-4-8-24(22)32-2/h3-4,7-14,18-19,27H,5-6,15-17H2,1-2H3. The van der Waals surface area contributed by atoms with Crippen LogP contribution < -0.4 is 10.1 Å². The van der Waals surface area contributed by atoms with E-state index in [1.807, 2.05) is 22.6 Å². The second-order valence-corrected chi connectivity index (χ2v) is 8.36. The third kappa shape index (κ3) is 3.94. The zero-order valence-electron chi connectivity index (χ0n) is 18.7. The van der Waals surface area contributed by atoms with Crippen LogP contribution in [-0.2, 0) is 6.54 Å². The first-order valence-corrected chi connectivity index (χ1v) is 11.3. The van der Waals surface area contributed by atoms with Crippen molar-refractivity contribution in [1.82, 2.24) is 19.5 Å². The Morgan fingerprint density at radius 3 is 2.56 bits per heavy atom. The number of para-hydroxylation sites is 1. The average molecular weight is 428 g/mol. The van der Waals surface area contributed by atoms with Crippen LogP contribution in [0.1, 0.15) is 36.9 Å². The summed E-state index contributed by atoms with van der Waals surface area (Å²) in [4.78, 5) is 2.56. The first-order chi connectivity index (χ1) is 15.7. The number of benzene rings is 2. The number of nitrogens with one attached hydrogen (secondary N) is 1. The van der Waals surface area contributed by atoms with Crippen LogP contribution in [0.2, 0.25) is 0 Å². The maximum atomic E-state index is 5.47. The molecule has 6 nitrogen and oxygen atoms in total. The summed E-state index contributed by atoms with van der Waals surface area (Å²) in [6.07, 6.45) is 4.38. The van der Waals surface area contributed by atoms with Gasteiger partial charge in [-0.25, -0.2) is 0 Å².